The summed E-state index contributed by atoms with van der Waals surface area (Å²) in [6.45, 7) is 7.58. The number of aromatic nitrogens is 1. The molecule has 2 atom stereocenters. The van der Waals surface area contributed by atoms with Crippen molar-refractivity contribution in [2.75, 3.05) is 13.1 Å². The van der Waals surface area contributed by atoms with Crippen molar-refractivity contribution < 1.29 is 5.11 Å². The van der Waals surface area contributed by atoms with E-state index in [-0.39, 0.29) is 11.5 Å². The fraction of sp³-hybridized carbons (Fsp3) is 0.600. The average Bonchev–Trinajstić information content (AvgIpc) is 3.02. The fourth-order valence-corrected chi connectivity index (χ4v) is 4.87. The van der Waals surface area contributed by atoms with Gasteiger partial charge in [-0.15, -0.1) is 0 Å². The minimum atomic E-state index is -0.0863. The molecular weight excluding hydrogens is 284 g/mol. The molecule has 3 nitrogen and oxygen atoms in total. The third-order valence-electron chi connectivity index (χ3n) is 6.25. The largest absolute Gasteiger partial charge is 0.393 e. The van der Waals surface area contributed by atoms with Crippen LogP contribution < -0.4 is 0 Å². The van der Waals surface area contributed by atoms with Gasteiger partial charge in [0.25, 0.3) is 0 Å². The van der Waals surface area contributed by atoms with Gasteiger partial charge in [0.15, 0.2) is 0 Å². The number of nitrogens with zero attached hydrogens (tertiary/aromatic N) is 1. The van der Waals surface area contributed by atoms with E-state index in [1.54, 1.807) is 0 Å². The maximum absolute atomic E-state index is 10.5. The highest BCUT2D eigenvalue weighted by atomic mass is 16.3. The molecule has 3 heteroatoms. The first-order valence-corrected chi connectivity index (χ1v) is 9.06. The summed E-state index contributed by atoms with van der Waals surface area (Å²) in [4.78, 5) is 6.18. The molecule has 1 saturated carbocycles. The van der Waals surface area contributed by atoms with Crippen LogP contribution in [0.3, 0.4) is 0 Å². The highest BCUT2D eigenvalue weighted by Crippen LogP contribution is 2.45. The van der Waals surface area contributed by atoms with Crippen LogP contribution in [0.15, 0.2) is 18.2 Å². The molecule has 0 unspecified atom stereocenters. The molecular formula is C20H28N2O. The van der Waals surface area contributed by atoms with Gasteiger partial charge >= 0.3 is 0 Å². The lowest BCUT2D eigenvalue weighted by molar-refractivity contribution is -0.0123. The molecule has 1 aromatic carbocycles. The summed E-state index contributed by atoms with van der Waals surface area (Å²) >= 11 is 0. The van der Waals surface area contributed by atoms with Gasteiger partial charge in [-0.3, -0.25) is 4.90 Å². The number of aromatic amines is 1. The van der Waals surface area contributed by atoms with Gasteiger partial charge in [-0.1, -0.05) is 18.1 Å². The molecule has 0 radical (unpaired) electrons. The summed E-state index contributed by atoms with van der Waals surface area (Å²) in [5.74, 6) is 0. The van der Waals surface area contributed by atoms with E-state index in [0.717, 1.165) is 26.1 Å². The molecule has 2 heterocycles. The molecule has 1 aliphatic heterocycles. The van der Waals surface area contributed by atoms with Crippen molar-refractivity contribution >= 4 is 10.9 Å². The van der Waals surface area contributed by atoms with E-state index in [1.807, 2.05) is 0 Å². The van der Waals surface area contributed by atoms with Crippen LogP contribution in [0.4, 0.5) is 0 Å². The Balaban J connectivity index is 1.57. The Hall–Kier alpha value is -1.32. The molecule has 1 saturated heterocycles. The Morgan fingerprint density at radius 3 is 2.87 bits per heavy atom. The number of fused-ring (bicyclic) bond motifs is 1. The first-order valence-electron chi connectivity index (χ1n) is 9.06. The van der Waals surface area contributed by atoms with E-state index in [0.29, 0.717) is 0 Å². The summed E-state index contributed by atoms with van der Waals surface area (Å²) in [7, 11) is 0. The number of likely N-dealkylation sites (tertiary alicyclic amines) is 1. The monoisotopic (exact) mass is 312 g/mol. The van der Waals surface area contributed by atoms with Crippen LogP contribution >= 0.6 is 0 Å². The second-order valence-electron chi connectivity index (χ2n) is 7.86. The minimum Gasteiger partial charge on any atom is -0.393 e. The van der Waals surface area contributed by atoms with Crippen LogP contribution in [0.1, 0.15) is 48.9 Å². The van der Waals surface area contributed by atoms with Crippen molar-refractivity contribution in [3.05, 3.63) is 35.0 Å². The van der Waals surface area contributed by atoms with Crippen molar-refractivity contribution in [2.45, 2.75) is 58.6 Å². The smallest absolute Gasteiger partial charge is 0.0608 e. The molecule has 23 heavy (non-hydrogen) atoms. The van der Waals surface area contributed by atoms with Gasteiger partial charge in [-0.2, -0.15) is 0 Å². The summed E-state index contributed by atoms with van der Waals surface area (Å²) in [6.07, 6.45) is 5.73. The van der Waals surface area contributed by atoms with Crippen LogP contribution in [0, 0.1) is 19.3 Å². The Labute approximate surface area is 138 Å². The third-order valence-corrected chi connectivity index (χ3v) is 6.25. The lowest BCUT2D eigenvalue weighted by atomic mass is 9.76. The number of hydrogen-bond donors (Lipinski definition) is 2. The predicted molar refractivity (Wildman–Crippen MR) is 94.6 cm³/mol. The second kappa shape index (κ2) is 5.64. The average molecular weight is 312 g/mol. The normalized spacial score (nSPS) is 28.9. The maximum Gasteiger partial charge on any atom is 0.0608 e. The first kappa shape index (κ1) is 15.2. The van der Waals surface area contributed by atoms with Gasteiger partial charge in [0.05, 0.1) is 6.10 Å². The summed E-state index contributed by atoms with van der Waals surface area (Å²) in [5, 5.41) is 11.8. The van der Waals surface area contributed by atoms with Crippen molar-refractivity contribution in [3.8, 4) is 0 Å². The molecule has 0 bridgehead atoms. The van der Waals surface area contributed by atoms with Gasteiger partial charge < -0.3 is 10.1 Å². The predicted octanol–water partition coefficient (Wildman–Crippen LogP) is 3.91. The number of rotatable bonds is 2. The fourth-order valence-electron chi connectivity index (χ4n) is 4.87. The van der Waals surface area contributed by atoms with Crippen LogP contribution in [-0.4, -0.2) is 34.2 Å². The highest BCUT2D eigenvalue weighted by molar-refractivity contribution is 5.85. The summed E-state index contributed by atoms with van der Waals surface area (Å²) < 4.78 is 0. The van der Waals surface area contributed by atoms with E-state index in [1.165, 1.54) is 53.4 Å². The summed E-state index contributed by atoms with van der Waals surface area (Å²) in [5.41, 5.74) is 5.47. The number of aliphatic hydroxyl groups is 1. The van der Waals surface area contributed by atoms with Crippen LogP contribution in [0.25, 0.3) is 10.9 Å². The molecule has 4 rings (SSSR count). The molecule has 1 aromatic heterocycles. The third kappa shape index (κ3) is 2.60. The van der Waals surface area contributed by atoms with Gasteiger partial charge in [0, 0.05) is 35.1 Å². The molecule has 2 N–H and O–H groups in total. The van der Waals surface area contributed by atoms with E-state index >= 15 is 0 Å². The zero-order valence-electron chi connectivity index (χ0n) is 14.4. The van der Waals surface area contributed by atoms with E-state index in [4.69, 9.17) is 0 Å². The van der Waals surface area contributed by atoms with Crippen LogP contribution in [0.5, 0.6) is 0 Å². The van der Waals surface area contributed by atoms with Crippen molar-refractivity contribution in [3.63, 3.8) is 0 Å². The van der Waals surface area contributed by atoms with E-state index < -0.39 is 0 Å². The van der Waals surface area contributed by atoms with E-state index in [2.05, 4.69) is 41.9 Å². The number of H-pyrrole nitrogens is 1. The number of aliphatic hydroxyl groups excluding tert-OH is 1. The van der Waals surface area contributed by atoms with Gasteiger partial charge in [0.1, 0.15) is 0 Å². The van der Waals surface area contributed by atoms with Crippen molar-refractivity contribution in [1.29, 1.82) is 0 Å². The van der Waals surface area contributed by atoms with Crippen molar-refractivity contribution in [1.82, 2.24) is 9.88 Å². The summed E-state index contributed by atoms with van der Waals surface area (Å²) in [6, 6.07) is 6.65. The quantitative estimate of drug-likeness (QED) is 0.882. The Bertz CT molecular complexity index is 720. The SMILES string of the molecule is Cc1ccc2[nH]c(CN3CCC[C@@]4(CCC[C@H]4O)C3)c(C)c2c1. The Kier molecular flexibility index (Phi) is 3.73. The van der Waals surface area contributed by atoms with Gasteiger partial charge in [0.2, 0.25) is 0 Å². The van der Waals surface area contributed by atoms with Crippen LogP contribution in [0.2, 0.25) is 0 Å². The second-order valence-corrected chi connectivity index (χ2v) is 7.86. The van der Waals surface area contributed by atoms with Gasteiger partial charge in [-0.05, 0) is 63.8 Å². The highest BCUT2D eigenvalue weighted by Gasteiger charge is 2.44. The molecule has 1 aliphatic carbocycles. The zero-order valence-corrected chi connectivity index (χ0v) is 14.4. The molecule has 2 aromatic rings. The molecule has 0 amide bonds. The Morgan fingerprint density at radius 2 is 2.09 bits per heavy atom. The number of aryl methyl sites for hydroxylation is 2. The molecule has 2 fully saturated rings. The van der Waals surface area contributed by atoms with Crippen LogP contribution in [-0.2, 0) is 6.54 Å². The lowest BCUT2D eigenvalue weighted by Crippen LogP contribution is -2.46. The minimum absolute atomic E-state index is 0.0863. The Morgan fingerprint density at radius 1 is 1.26 bits per heavy atom. The van der Waals surface area contributed by atoms with Gasteiger partial charge in [-0.25, -0.2) is 0 Å². The molecule has 124 valence electrons. The molecule has 2 aliphatic rings. The lowest BCUT2D eigenvalue weighted by Gasteiger charge is -2.42. The van der Waals surface area contributed by atoms with Crippen molar-refractivity contribution in [2.24, 2.45) is 5.41 Å². The number of benzene rings is 1. The van der Waals surface area contributed by atoms with E-state index in [9.17, 15) is 5.11 Å². The molecule has 1 spiro atoms. The standard InChI is InChI=1S/C20H28N2O/c1-14-6-7-17-16(11-14)15(2)18(21-17)12-22-10-4-9-20(13-22)8-3-5-19(20)23/h6-7,11,19,21,23H,3-5,8-10,12-13H2,1-2H3/t19-,20+/m1/s1. The maximum atomic E-state index is 10.5. The number of piperidine rings is 1. The topological polar surface area (TPSA) is 39.3 Å². The zero-order chi connectivity index (χ0) is 16.0. The number of hydrogen-bond acceptors (Lipinski definition) is 2. The first-order chi connectivity index (χ1) is 11.1. The number of nitrogens with one attached hydrogen (secondary N) is 1.